The Hall–Kier alpha value is -3.63. The molecule has 1 aromatic rings. The van der Waals surface area contributed by atoms with E-state index in [1.54, 1.807) is 30.3 Å². The van der Waals surface area contributed by atoms with Gasteiger partial charge in [-0.25, -0.2) is 9.59 Å². The van der Waals surface area contributed by atoms with Gasteiger partial charge in [-0.05, 0) is 12.1 Å². The Labute approximate surface area is 153 Å². The number of nitrogens with zero attached hydrogens (tertiary/aromatic N) is 1. The van der Waals surface area contributed by atoms with Crippen LogP contribution in [0.1, 0.15) is 12.8 Å². The van der Waals surface area contributed by atoms with Gasteiger partial charge in [0.15, 0.2) is 18.4 Å². The molecule has 0 saturated carbocycles. The maximum atomic E-state index is 11.8. The molecular formula is C16H18N2O9. The summed E-state index contributed by atoms with van der Waals surface area (Å²) < 4.78 is 5.17. The molecule has 1 atom stereocenters. The third kappa shape index (κ3) is 8.86. The van der Waals surface area contributed by atoms with Crippen LogP contribution in [0.25, 0.3) is 0 Å². The number of carbonyl (C=O) groups is 4. The smallest absolute Gasteiger partial charge is 0.353 e. The lowest BCUT2D eigenvalue weighted by atomic mass is 10.2. The van der Waals surface area contributed by atoms with E-state index in [-0.39, 0.29) is 0 Å². The van der Waals surface area contributed by atoms with Gasteiger partial charge < -0.3 is 30.2 Å². The zero-order valence-electron chi connectivity index (χ0n) is 14.0. The molecule has 146 valence electrons. The Bertz CT molecular complexity index is 703. The minimum atomic E-state index is -1.50. The molecule has 0 aromatic heterocycles. The molecule has 4 N–H and O–H groups in total. The molecule has 0 spiro atoms. The number of para-hydroxylation sites is 1. The number of amides is 1. The summed E-state index contributed by atoms with van der Waals surface area (Å²) >= 11 is 0. The van der Waals surface area contributed by atoms with E-state index >= 15 is 0 Å². The zero-order chi connectivity index (χ0) is 20.2. The number of rotatable bonds is 12. The number of hydrogen-bond acceptors (Lipinski definition) is 7. The van der Waals surface area contributed by atoms with Crippen LogP contribution in [-0.4, -0.2) is 64.1 Å². The molecule has 0 radical (unpaired) electrons. The summed E-state index contributed by atoms with van der Waals surface area (Å²) in [6, 6.07) is 6.88. The Balaban J connectivity index is 2.53. The Morgan fingerprint density at radius 1 is 1.04 bits per heavy atom. The van der Waals surface area contributed by atoms with E-state index in [0.29, 0.717) is 5.75 Å². The van der Waals surface area contributed by atoms with Gasteiger partial charge in [-0.1, -0.05) is 23.4 Å². The number of aliphatic carboxylic acids is 3. The molecule has 0 aliphatic rings. The molecular weight excluding hydrogens is 364 g/mol. The largest absolute Gasteiger partial charge is 0.484 e. The first-order valence-electron chi connectivity index (χ1n) is 7.63. The van der Waals surface area contributed by atoms with E-state index in [1.165, 1.54) is 0 Å². The van der Waals surface area contributed by atoms with Gasteiger partial charge in [0.1, 0.15) is 12.4 Å². The third-order valence-corrected chi connectivity index (χ3v) is 2.98. The van der Waals surface area contributed by atoms with Gasteiger partial charge in [-0.2, -0.15) is 0 Å². The van der Waals surface area contributed by atoms with Gasteiger partial charge in [0.05, 0.1) is 6.42 Å². The van der Waals surface area contributed by atoms with Gasteiger partial charge in [-0.3, -0.25) is 9.59 Å². The summed E-state index contributed by atoms with van der Waals surface area (Å²) in [6.45, 7) is -1.09. The molecule has 1 amide bonds. The average molecular weight is 382 g/mol. The van der Waals surface area contributed by atoms with Gasteiger partial charge in [0.2, 0.25) is 0 Å². The Morgan fingerprint density at radius 3 is 2.26 bits per heavy atom. The summed E-state index contributed by atoms with van der Waals surface area (Å²) in [5, 5.41) is 31.9. The predicted octanol–water partition coefficient (Wildman–Crippen LogP) is -0.0432. The van der Waals surface area contributed by atoms with Crippen LogP contribution in [0.3, 0.4) is 0 Å². The van der Waals surface area contributed by atoms with Crippen LogP contribution in [0.5, 0.6) is 5.75 Å². The monoisotopic (exact) mass is 382 g/mol. The number of carbonyl (C=O) groups excluding carboxylic acids is 1. The van der Waals surface area contributed by atoms with E-state index in [4.69, 9.17) is 20.1 Å². The lowest BCUT2D eigenvalue weighted by Crippen LogP contribution is -2.45. The van der Waals surface area contributed by atoms with Crippen LogP contribution < -0.4 is 10.1 Å². The first-order chi connectivity index (χ1) is 12.8. The minimum Gasteiger partial charge on any atom is -0.484 e. The number of carboxylic acid groups (broad SMARTS) is 3. The van der Waals surface area contributed by atoms with Crippen molar-refractivity contribution in [3.63, 3.8) is 0 Å². The fraction of sp³-hybridized carbons (Fsp3) is 0.312. The maximum Gasteiger partial charge on any atom is 0.353 e. The molecule has 11 nitrogen and oxygen atoms in total. The van der Waals surface area contributed by atoms with E-state index in [1.807, 2.05) is 0 Å². The van der Waals surface area contributed by atoms with Gasteiger partial charge >= 0.3 is 17.9 Å². The molecule has 0 unspecified atom stereocenters. The van der Waals surface area contributed by atoms with Crippen LogP contribution in [0, 0.1) is 0 Å². The lowest BCUT2D eigenvalue weighted by molar-refractivity contribution is -0.144. The number of hydrogen-bond donors (Lipinski definition) is 4. The number of benzene rings is 1. The molecule has 0 fully saturated rings. The van der Waals surface area contributed by atoms with Crippen LogP contribution in [-0.2, 0) is 24.0 Å². The summed E-state index contributed by atoms with van der Waals surface area (Å²) in [7, 11) is 0. The van der Waals surface area contributed by atoms with Crippen molar-refractivity contribution in [3.05, 3.63) is 30.3 Å². The number of nitrogens with one attached hydrogen (secondary N) is 1. The van der Waals surface area contributed by atoms with Crippen molar-refractivity contribution in [2.75, 3.05) is 13.2 Å². The van der Waals surface area contributed by atoms with E-state index < -0.39 is 61.6 Å². The van der Waals surface area contributed by atoms with Gasteiger partial charge in [-0.15, -0.1) is 0 Å². The Morgan fingerprint density at radius 2 is 1.70 bits per heavy atom. The molecule has 1 aromatic carbocycles. The summed E-state index contributed by atoms with van der Waals surface area (Å²) in [4.78, 5) is 48.9. The maximum absolute atomic E-state index is 11.8. The number of oxime groups is 1. The van der Waals surface area contributed by atoms with Crippen molar-refractivity contribution in [2.45, 2.75) is 18.9 Å². The fourth-order valence-corrected chi connectivity index (χ4v) is 1.68. The molecule has 27 heavy (non-hydrogen) atoms. The normalized spacial score (nSPS) is 11.9. The summed E-state index contributed by atoms with van der Waals surface area (Å²) in [5.74, 6) is -4.46. The third-order valence-electron chi connectivity index (χ3n) is 2.98. The zero-order valence-corrected chi connectivity index (χ0v) is 14.0. The highest BCUT2D eigenvalue weighted by molar-refractivity contribution is 6.35. The van der Waals surface area contributed by atoms with E-state index in [9.17, 15) is 19.2 Å². The highest BCUT2D eigenvalue weighted by atomic mass is 16.6. The average Bonchev–Trinajstić information content (AvgIpc) is 2.62. The lowest BCUT2D eigenvalue weighted by Gasteiger charge is -2.14. The van der Waals surface area contributed by atoms with E-state index in [2.05, 4.69) is 15.3 Å². The van der Waals surface area contributed by atoms with Crippen LogP contribution >= 0.6 is 0 Å². The van der Waals surface area contributed by atoms with Crippen molar-refractivity contribution in [3.8, 4) is 5.75 Å². The first-order valence-corrected chi connectivity index (χ1v) is 7.63. The van der Waals surface area contributed by atoms with E-state index in [0.717, 1.165) is 0 Å². The Kier molecular flexibility index (Phi) is 8.78. The predicted molar refractivity (Wildman–Crippen MR) is 89.4 cm³/mol. The molecule has 0 bridgehead atoms. The number of ether oxygens (including phenoxy) is 1. The van der Waals surface area contributed by atoms with Gasteiger partial charge in [0.25, 0.3) is 5.91 Å². The summed E-state index contributed by atoms with van der Waals surface area (Å²) in [5.41, 5.74) is -0.583. The summed E-state index contributed by atoms with van der Waals surface area (Å²) in [6.07, 6.45) is -0.885. The molecule has 11 heteroatoms. The van der Waals surface area contributed by atoms with Crippen LogP contribution in [0.4, 0.5) is 0 Å². The SMILES string of the molecule is O=C(O)CC/C(=N\OC[C@H](NC(=O)COc1ccccc1)C(=O)O)C(=O)O. The second-order valence-electron chi connectivity index (χ2n) is 5.09. The quantitative estimate of drug-likeness (QED) is 0.286. The molecule has 0 aliphatic heterocycles. The molecule has 0 heterocycles. The second-order valence-corrected chi connectivity index (χ2v) is 5.09. The first kappa shape index (κ1) is 21.4. The minimum absolute atomic E-state index is 0.403. The highest BCUT2D eigenvalue weighted by Gasteiger charge is 2.22. The second kappa shape index (κ2) is 11.1. The van der Waals surface area contributed by atoms with Crippen molar-refractivity contribution in [2.24, 2.45) is 5.16 Å². The van der Waals surface area contributed by atoms with Crippen molar-refractivity contribution in [1.82, 2.24) is 5.32 Å². The van der Waals surface area contributed by atoms with Crippen LogP contribution in [0.2, 0.25) is 0 Å². The topological polar surface area (TPSA) is 172 Å². The molecule has 0 saturated heterocycles. The van der Waals surface area contributed by atoms with Crippen molar-refractivity contribution < 1.29 is 44.1 Å². The van der Waals surface area contributed by atoms with Crippen molar-refractivity contribution in [1.29, 1.82) is 0 Å². The van der Waals surface area contributed by atoms with Crippen molar-refractivity contribution >= 4 is 29.5 Å². The van der Waals surface area contributed by atoms with Crippen LogP contribution in [0.15, 0.2) is 35.5 Å². The standard InChI is InChI=1S/C16H18N2O9/c19-13(9-26-10-4-2-1-3-5-10)17-12(16(24)25)8-27-18-11(15(22)23)6-7-14(20)21/h1-5,12H,6-9H2,(H,17,19)(H,20,21)(H,22,23)(H,24,25)/b18-11+/t12-/m0/s1. The molecule has 0 aliphatic carbocycles. The van der Waals surface area contributed by atoms with Gasteiger partial charge in [0, 0.05) is 6.42 Å². The fourth-order valence-electron chi connectivity index (χ4n) is 1.68. The number of carboxylic acids is 3. The highest BCUT2D eigenvalue weighted by Crippen LogP contribution is 2.07. The molecule has 1 rings (SSSR count).